The van der Waals surface area contributed by atoms with Gasteiger partial charge in [-0.1, -0.05) is 0 Å². The van der Waals surface area contributed by atoms with Gasteiger partial charge in [-0.15, -0.1) is 11.8 Å². The zero-order chi connectivity index (χ0) is 15.8. The van der Waals surface area contributed by atoms with Gasteiger partial charge in [0.05, 0.1) is 11.8 Å². The SMILES string of the molecule is CC(CC(F)(F)F)NC(=O)N1C(C(=O)O)CSC1C1CC1. The minimum atomic E-state index is -4.37. The third kappa shape index (κ3) is 4.18. The Bertz CT molecular complexity index is 428. The summed E-state index contributed by atoms with van der Waals surface area (Å²) in [5, 5.41) is 11.2. The van der Waals surface area contributed by atoms with Gasteiger partial charge in [-0.25, -0.2) is 9.59 Å². The second-order valence-electron chi connectivity index (χ2n) is 5.49. The Morgan fingerprint density at radius 2 is 2.05 bits per heavy atom. The molecule has 0 spiro atoms. The lowest BCUT2D eigenvalue weighted by molar-refractivity contribution is -0.142. The van der Waals surface area contributed by atoms with Crippen LogP contribution in [0.5, 0.6) is 0 Å². The van der Waals surface area contributed by atoms with Crippen LogP contribution in [0.4, 0.5) is 18.0 Å². The van der Waals surface area contributed by atoms with Crippen molar-refractivity contribution in [3.05, 3.63) is 0 Å². The van der Waals surface area contributed by atoms with Gasteiger partial charge in [-0.2, -0.15) is 13.2 Å². The van der Waals surface area contributed by atoms with Crippen molar-refractivity contribution in [1.82, 2.24) is 10.2 Å². The molecule has 0 aromatic rings. The van der Waals surface area contributed by atoms with Crippen LogP contribution in [-0.4, -0.2) is 51.4 Å². The number of halogens is 3. The summed E-state index contributed by atoms with van der Waals surface area (Å²) < 4.78 is 36.9. The lowest BCUT2D eigenvalue weighted by Gasteiger charge is -2.29. The Labute approximate surface area is 124 Å². The summed E-state index contributed by atoms with van der Waals surface area (Å²) in [5.74, 6) is -0.593. The molecule has 2 fully saturated rings. The number of carbonyl (C=O) groups excluding carboxylic acids is 1. The number of hydrogen-bond acceptors (Lipinski definition) is 3. The van der Waals surface area contributed by atoms with Gasteiger partial charge in [0.15, 0.2) is 0 Å². The van der Waals surface area contributed by atoms with Crippen molar-refractivity contribution in [3.63, 3.8) is 0 Å². The van der Waals surface area contributed by atoms with Crippen molar-refractivity contribution < 1.29 is 27.9 Å². The highest BCUT2D eigenvalue weighted by molar-refractivity contribution is 8.00. The maximum Gasteiger partial charge on any atom is 0.391 e. The summed E-state index contributed by atoms with van der Waals surface area (Å²) in [7, 11) is 0. The van der Waals surface area contributed by atoms with Crippen molar-refractivity contribution in [2.75, 3.05) is 5.75 Å². The lowest BCUT2D eigenvalue weighted by atomic mass is 10.2. The quantitative estimate of drug-likeness (QED) is 0.831. The van der Waals surface area contributed by atoms with E-state index in [0.29, 0.717) is 0 Å². The molecule has 1 heterocycles. The molecule has 3 unspecified atom stereocenters. The highest BCUT2D eigenvalue weighted by atomic mass is 32.2. The topological polar surface area (TPSA) is 69.6 Å². The van der Waals surface area contributed by atoms with E-state index in [2.05, 4.69) is 5.32 Å². The molecule has 2 rings (SSSR count). The number of nitrogens with zero attached hydrogens (tertiary/aromatic N) is 1. The molecule has 3 atom stereocenters. The molecule has 1 saturated heterocycles. The van der Waals surface area contributed by atoms with Crippen LogP contribution >= 0.6 is 11.8 Å². The molecule has 2 amide bonds. The third-order valence-corrected chi connectivity index (χ3v) is 4.95. The van der Waals surface area contributed by atoms with Gasteiger partial charge in [-0.3, -0.25) is 4.90 Å². The fourth-order valence-corrected chi connectivity index (χ4v) is 4.03. The molecule has 0 aromatic heterocycles. The predicted octanol–water partition coefficient (Wildman–Crippen LogP) is 2.28. The van der Waals surface area contributed by atoms with Crippen LogP contribution in [-0.2, 0) is 4.79 Å². The lowest BCUT2D eigenvalue weighted by Crippen LogP contribution is -2.53. The maximum atomic E-state index is 12.3. The summed E-state index contributed by atoms with van der Waals surface area (Å²) in [6.45, 7) is 1.26. The van der Waals surface area contributed by atoms with Crippen LogP contribution < -0.4 is 5.32 Å². The first-order valence-corrected chi connectivity index (χ1v) is 7.74. The Kier molecular flexibility index (Phi) is 4.60. The molecule has 0 aromatic carbocycles. The average Bonchev–Trinajstić information content (AvgIpc) is 3.04. The van der Waals surface area contributed by atoms with E-state index >= 15 is 0 Å². The fraction of sp³-hybridized carbons (Fsp3) is 0.833. The zero-order valence-electron chi connectivity index (χ0n) is 11.4. The minimum absolute atomic E-state index is 0.246. The van der Waals surface area contributed by atoms with E-state index in [0.717, 1.165) is 12.8 Å². The van der Waals surface area contributed by atoms with Crippen LogP contribution in [0.2, 0.25) is 0 Å². The van der Waals surface area contributed by atoms with E-state index in [9.17, 15) is 22.8 Å². The minimum Gasteiger partial charge on any atom is -0.480 e. The molecule has 120 valence electrons. The molecule has 1 aliphatic carbocycles. The number of thioether (sulfide) groups is 1. The van der Waals surface area contributed by atoms with Gasteiger partial charge in [0, 0.05) is 11.8 Å². The number of carbonyl (C=O) groups is 2. The van der Waals surface area contributed by atoms with Crippen molar-refractivity contribution >= 4 is 23.8 Å². The van der Waals surface area contributed by atoms with E-state index in [1.54, 1.807) is 0 Å². The second-order valence-corrected chi connectivity index (χ2v) is 6.64. The summed E-state index contributed by atoms with van der Waals surface area (Å²) >= 11 is 1.39. The average molecular weight is 326 g/mol. The predicted molar refractivity (Wildman–Crippen MR) is 70.9 cm³/mol. The van der Waals surface area contributed by atoms with Gasteiger partial charge in [0.2, 0.25) is 0 Å². The van der Waals surface area contributed by atoms with Gasteiger partial charge in [0.25, 0.3) is 0 Å². The van der Waals surface area contributed by atoms with Crippen LogP contribution in [0.3, 0.4) is 0 Å². The first kappa shape index (κ1) is 16.3. The number of aliphatic carboxylic acids is 1. The molecular weight excluding hydrogens is 309 g/mol. The molecule has 2 aliphatic rings. The number of alkyl halides is 3. The molecule has 5 nitrogen and oxygen atoms in total. The molecular formula is C12H17F3N2O3S. The van der Waals surface area contributed by atoms with E-state index in [-0.39, 0.29) is 17.0 Å². The van der Waals surface area contributed by atoms with E-state index in [4.69, 9.17) is 5.11 Å². The second kappa shape index (κ2) is 5.94. The number of carboxylic acids is 1. The Morgan fingerprint density at radius 3 is 2.52 bits per heavy atom. The van der Waals surface area contributed by atoms with Gasteiger partial charge in [0.1, 0.15) is 6.04 Å². The highest BCUT2D eigenvalue weighted by Gasteiger charge is 2.48. The van der Waals surface area contributed by atoms with Crippen molar-refractivity contribution in [1.29, 1.82) is 0 Å². The van der Waals surface area contributed by atoms with Crippen molar-refractivity contribution in [2.24, 2.45) is 5.92 Å². The van der Waals surface area contributed by atoms with Crippen LogP contribution in [0.1, 0.15) is 26.2 Å². The third-order valence-electron chi connectivity index (χ3n) is 3.49. The number of carboxylic acid groups (broad SMARTS) is 1. The summed E-state index contributed by atoms with van der Waals surface area (Å²) in [4.78, 5) is 24.6. The summed E-state index contributed by atoms with van der Waals surface area (Å²) in [5.41, 5.74) is 0. The van der Waals surface area contributed by atoms with Crippen LogP contribution in [0.25, 0.3) is 0 Å². The van der Waals surface area contributed by atoms with E-state index in [1.807, 2.05) is 0 Å². The molecule has 1 saturated carbocycles. The van der Waals surface area contributed by atoms with Crippen molar-refractivity contribution in [2.45, 2.75) is 49.8 Å². The monoisotopic (exact) mass is 326 g/mol. The largest absolute Gasteiger partial charge is 0.480 e. The highest BCUT2D eigenvalue weighted by Crippen LogP contribution is 2.45. The Morgan fingerprint density at radius 1 is 1.43 bits per heavy atom. The number of hydrogen-bond donors (Lipinski definition) is 2. The summed E-state index contributed by atoms with van der Waals surface area (Å²) in [6.07, 6.45) is -3.65. The Balaban J connectivity index is 2.01. The van der Waals surface area contributed by atoms with Crippen LogP contribution in [0.15, 0.2) is 0 Å². The normalized spacial score (nSPS) is 27.5. The molecule has 21 heavy (non-hydrogen) atoms. The smallest absolute Gasteiger partial charge is 0.391 e. The molecule has 1 aliphatic heterocycles. The standard InChI is InChI=1S/C12H17F3N2O3S/c1-6(4-12(13,14)15)16-11(20)17-8(10(18)19)5-21-9(17)7-2-3-7/h6-9H,2-5H2,1H3,(H,16,20)(H,18,19). The first-order valence-electron chi connectivity index (χ1n) is 6.69. The van der Waals surface area contributed by atoms with E-state index in [1.165, 1.54) is 23.6 Å². The molecule has 0 radical (unpaired) electrons. The molecule has 2 N–H and O–H groups in total. The number of nitrogens with one attached hydrogen (secondary N) is 1. The van der Waals surface area contributed by atoms with Gasteiger partial charge < -0.3 is 10.4 Å². The number of urea groups is 1. The molecule has 0 bridgehead atoms. The first-order chi connectivity index (χ1) is 9.69. The summed E-state index contributed by atoms with van der Waals surface area (Å²) in [6, 6.07) is -2.78. The van der Waals surface area contributed by atoms with Crippen LogP contribution in [0, 0.1) is 5.92 Å². The molecule has 9 heteroatoms. The number of rotatable bonds is 4. The van der Waals surface area contributed by atoms with E-state index < -0.39 is 36.7 Å². The Hall–Kier alpha value is -1.12. The van der Waals surface area contributed by atoms with Gasteiger partial charge in [-0.05, 0) is 25.7 Å². The maximum absolute atomic E-state index is 12.3. The zero-order valence-corrected chi connectivity index (χ0v) is 12.2. The number of amides is 2. The fourth-order valence-electron chi connectivity index (χ4n) is 2.40. The van der Waals surface area contributed by atoms with Gasteiger partial charge >= 0.3 is 18.2 Å². The van der Waals surface area contributed by atoms with Crippen molar-refractivity contribution in [3.8, 4) is 0 Å².